The summed E-state index contributed by atoms with van der Waals surface area (Å²) in [5.74, 6) is 0. The second kappa shape index (κ2) is 8.09. The maximum Gasteiger partial charge on any atom is 0.115 e. The summed E-state index contributed by atoms with van der Waals surface area (Å²) < 4.78 is 15.4. The van der Waals surface area contributed by atoms with Gasteiger partial charge in [0.25, 0.3) is 0 Å². The third-order valence-corrected chi connectivity index (χ3v) is 5.07. The van der Waals surface area contributed by atoms with Crippen molar-refractivity contribution in [3.63, 3.8) is 0 Å². The molecular weight excluding hydrogens is 327 g/mol. The van der Waals surface area contributed by atoms with Crippen LogP contribution in [0, 0.1) is 11.3 Å². The van der Waals surface area contributed by atoms with Gasteiger partial charge in [-0.25, -0.2) is 4.39 Å². The Labute approximate surface area is 154 Å². The minimum absolute atomic E-state index is 0.412. The number of hydrogen-bond acceptors (Lipinski definition) is 3. The predicted octanol–water partition coefficient (Wildman–Crippen LogP) is 4.09. The van der Waals surface area contributed by atoms with Gasteiger partial charge in [0, 0.05) is 49.5 Å². The molecule has 0 radical (unpaired) electrons. The Morgan fingerprint density at radius 2 is 2.19 bits per heavy atom. The number of allylic oxidation sites excluding steroid dienone is 2. The molecule has 136 valence electrons. The molecule has 0 aliphatic heterocycles. The number of alkyl halides is 1. The van der Waals surface area contributed by atoms with Crippen LogP contribution in [0.3, 0.4) is 0 Å². The summed E-state index contributed by atoms with van der Waals surface area (Å²) >= 11 is 0. The molecule has 1 fully saturated rings. The van der Waals surface area contributed by atoms with Crippen LogP contribution in [0.15, 0.2) is 42.2 Å². The Bertz CT molecular complexity index is 882. The van der Waals surface area contributed by atoms with E-state index >= 15 is 0 Å². The van der Waals surface area contributed by atoms with E-state index in [1.54, 1.807) is 6.07 Å². The van der Waals surface area contributed by atoms with Crippen LogP contribution in [0.25, 0.3) is 10.9 Å². The first-order valence-electron chi connectivity index (χ1n) is 9.07. The van der Waals surface area contributed by atoms with Gasteiger partial charge < -0.3 is 15.2 Å². The summed E-state index contributed by atoms with van der Waals surface area (Å²) in [7, 11) is 3.73. The van der Waals surface area contributed by atoms with E-state index in [9.17, 15) is 9.65 Å². The van der Waals surface area contributed by atoms with Crippen LogP contribution in [0.5, 0.6) is 0 Å². The van der Waals surface area contributed by atoms with Crippen LogP contribution in [-0.2, 0) is 13.1 Å². The third-order valence-electron chi connectivity index (χ3n) is 5.07. The quantitative estimate of drug-likeness (QED) is 0.738. The Kier molecular flexibility index (Phi) is 5.62. The smallest absolute Gasteiger partial charge is 0.115 e. The van der Waals surface area contributed by atoms with Gasteiger partial charge in [-0.3, -0.25) is 0 Å². The number of hydrogen-bond donors (Lipinski definition) is 2. The minimum atomic E-state index is -0.483. The van der Waals surface area contributed by atoms with Crippen LogP contribution in [-0.4, -0.2) is 18.7 Å². The fourth-order valence-electron chi connectivity index (χ4n) is 3.54. The first-order chi connectivity index (χ1) is 12.7. The molecule has 0 bridgehead atoms. The van der Waals surface area contributed by atoms with Gasteiger partial charge in [-0.15, -0.1) is 0 Å². The first kappa shape index (κ1) is 18.1. The van der Waals surface area contributed by atoms with Crippen molar-refractivity contribution in [2.75, 3.05) is 14.1 Å². The Morgan fingerprint density at radius 3 is 2.77 bits per heavy atom. The summed E-state index contributed by atoms with van der Waals surface area (Å²) in [4.78, 5) is 0. The van der Waals surface area contributed by atoms with E-state index in [0.717, 1.165) is 35.1 Å². The van der Waals surface area contributed by atoms with E-state index in [1.165, 1.54) is 6.42 Å². The minimum Gasteiger partial charge on any atom is -0.392 e. The molecule has 1 aromatic heterocycles. The molecule has 4 nitrogen and oxygen atoms in total. The molecule has 0 amide bonds. The second-order valence-corrected chi connectivity index (χ2v) is 6.62. The second-order valence-electron chi connectivity index (χ2n) is 6.62. The molecule has 0 atom stereocenters. The molecule has 2 N–H and O–H groups in total. The molecule has 0 spiro atoms. The SMILES string of the molecule is CN/C=C(\C=C/Cc1c(C#N)c2ccc(CF)cc2n1C1CCC1)NC. The van der Waals surface area contributed by atoms with Gasteiger partial charge >= 0.3 is 0 Å². The van der Waals surface area contributed by atoms with Crippen molar-refractivity contribution >= 4 is 10.9 Å². The lowest BCUT2D eigenvalue weighted by Crippen LogP contribution is -2.19. The van der Waals surface area contributed by atoms with Crippen molar-refractivity contribution in [3.8, 4) is 6.07 Å². The molecule has 2 aromatic rings. The molecule has 1 aliphatic carbocycles. The lowest BCUT2D eigenvalue weighted by molar-refractivity contribution is 0.316. The predicted molar refractivity (Wildman–Crippen MR) is 103 cm³/mol. The number of aromatic nitrogens is 1. The summed E-state index contributed by atoms with van der Waals surface area (Å²) in [6.07, 6.45) is 10.1. The van der Waals surface area contributed by atoms with Gasteiger partial charge in [0.2, 0.25) is 0 Å². The first-order valence-corrected chi connectivity index (χ1v) is 9.07. The Morgan fingerprint density at radius 1 is 1.38 bits per heavy atom. The van der Waals surface area contributed by atoms with E-state index in [4.69, 9.17) is 0 Å². The lowest BCUT2D eigenvalue weighted by Gasteiger charge is -2.30. The molecule has 1 aliphatic rings. The fourth-order valence-corrected chi connectivity index (χ4v) is 3.54. The highest BCUT2D eigenvalue weighted by molar-refractivity contribution is 5.89. The molecule has 0 unspecified atom stereocenters. The summed E-state index contributed by atoms with van der Waals surface area (Å²) in [6, 6.07) is 8.38. The van der Waals surface area contributed by atoms with Crippen LogP contribution in [0.4, 0.5) is 4.39 Å². The summed E-state index contributed by atoms with van der Waals surface area (Å²) in [5, 5.41) is 16.8. The van der Waals surface area contributed by atoms with E-state index in [-0.39, 0.29) is 0 Å². The highest BCUT2D eigenvalue weighted by atomic mass is 19.1. The van der Waals surface area contributed by atoms with Gasteiger partial charge in [0.05, 0.1) is 11.1 Å². The molecule has 1 aromatic carbocycles. The Balaban J connectivity index is 2.06. The van der Waals surface area contributed by atoms with Crippen LogP contribution in [0.1, 0.15) is 42.1 Å². The number of nitriles is 1. The monoisotopic (exact) mass is 352 g/mol. The van der Waals surface area contributed by atoms with Gasteiger partial charge in [0.15, 0.2) is 0 Å². The summed E-state index contributed by atoms with van der Waals surface area (Å²) in [6.45, 7) is -0.483. The molecule has 1 saturated carbocycles. The number of benzene rings is 1. The lowest BCUT2D eigenvalue weighted by atomic mass is 9.92. The van der Waals surface area contributed by atoms with Crippen molar-refractivity contribution < 1.29 is 4.39 Å². The van der Waals surface area contributed by atoms with Crippen molar-refractivity contribution in [3.05, 3.63) is 59.1 Å². The van der Waals surface area contributed by atoms with Crippen molar-refractivity contribution in [1.29, 1.82) is 5.26 Å². The fraction of sp³-hybridized carbons (Fsp3) is 0.381. The zero-order valence-corrected chi connectivity index (χ0v) is 15.3. The number of halogens is 1. The van der Waals surface area contributed by atoms with E-state index in [1.807, 2.05) is 38.5 Å². The number of nitrogens with zero attached hydrogens (tertiary/aromatic N) is 2. The normalized spacial score (nSPS) is 15.2. The van der Waals surface area contributed by atoms with Crippen LogP contribution in [0.2, 0.25) is 0 Å². The van der Waals surface area contributed by atoms with Gasteiger partial charge in [0.1, 0.15) is 12.7 Å². The number of rotatable bonds is 7. The molecule has 5 heteroatoms. The molecule has 3 rings (SSSR count). The van der Waals surface area contributed by atoms with Crippen molar-refractivity contribution in [1.82, 2.24) is 15.2 Å². The van der Waals surface area contributed by atoms with E-state index < -0.39 is 6.67 Å². The molecule has 1 heterocycles. The standard InChI is InChI=1S/C21H25FN4/c1-24-14-16(25-2)5-3-8-20-19(13-23)18-10-9-15(12-22)11-21(18)26(20)17-6-4-7-17/h3,5,9-11,14,17,24-25H,4,6-8,12H2,1-2H3/b5-3-,16-14+. The average Bonchev–Trinajstić information content (AvgIpc) is 2.92. The zero-order chi connectivity index (χ0) is 18.5. The summed E-state index contributed by atoms with van der Waals surface area (Å²) in [5.41, 5.74) is 4.36. The van der Waals surface area contributed by atoms with Gasteiger partial charge in [-0.2, -0.15) is 5.26 Å². The maximum absolute atomic E-state index is 13.2. The van der Waals surface area contributed by atoms with Crippen LogP contribution < -0.4 is 10.6 Å². The average molecular weight is 352 g/mol. The number of fused-ring (bicyclic) bond motifs is 1. The Hall–Kier alpha value is -2.74. The van der Waals surface area contributed by atoms with Crippen molar-refractivity contribution in [2.24, 2.45) is 0 Å². The van der Waals surface area contributed by atoms with Gasteiger partial charge in [-0.1, -0.05) is 18.2 Å². The highest BCUT2D eigenvalue weighted by Gasteiger charge is 2.26. The molecular formula is C21H25FN4. The number of nitrogens with one attached hydrogen (secondary N) is 2. The highest BCUT2D eigenvalue weighted by Crippen LogP contribution is 2.39. The van der Waals surface area contributed by atoms with E-state index in [0.29, 0.717) is 23.6 Å². The molecule has 0 saturated heterocycles. The number of likely N-dealkylation sites (N-methyl/N-ethyl adjacent to an activating group) is 1. The van der Waals surface area contributed by atoms with Crippen LogP contribution >= 0.6 is 0 Å². The molecule has 26 heavy (non-hydrogen) atoms. The van der Waals surface area contributed by atoms with Gasteiger partial charge in [-0.05, 0) is 37.0 Å². The maximum atomic E-state index is 13.2. The van der Waals surface area contributed by atoms with Crippen molar-refractivity contribution in [2.45, 2.75) is 38.4 Å². The van der Waals surface area contributed by atoms with E-state index in [2.05, 4.69) is 27.3 Å². The zero-order valence-electron chi connectivity index (χ0n) is 15.3. The third kappa shape index (κ3) is 3.32. The largest absolute Gasteiger partial charge is 0.392 e. The topological polar surface area (TPSA) is 52.8 Å².